The Bertz CT molecular complexity index is 543. The molecule has 1 atom stereocenters. The summed E-state index contributed by atoms with van der Waals surface area (Å²) in [6.07, 6.45) is 0. The first kappa shape index (κ1) is 17.1. The lowest BCUT2D eigenvalue weighted by molar-refractivity contribution is -0.136. The van der Waals surface area contributed by atoms with Crippen LogP contribution >= 0.6 is 12.2 Å². The number of carbonyl (C=O) groups excluding carboxylic acids is 1. The highest BCUT2D eigenvalue weighted by molar-refractivity contribution is 7.78. The molecule has 0 aromatic heterocycles. The Hall–Kier alpha value is -1.92. The maximum atomic E-state index is 12.1. The maximum absolute atomic E-state index is 12.1. The minimum atomic E-state index is -0.418. The third-order valence-corrected chi connectivity index (χ3v) is 3.21. The van der Waals surface area contributed by atoms with E-state index in [1.165, 1.54) is 12.6 Å². The number of esters is 1. The van der Waals surface area contributed by atoms with E-state index in [2.05, 4.69) is 10.6 Å². The summed E-state index contributed by atoms with van der Waals surface area (Å²) in [4.78, 5) is 12.1. The number of allylic oxidation sites excluding steroid dienone is 1. The van der Waals surface area contributed by atoms with Crippen LogP contribution in [0.15, 0.2) is 35.5 Å². The molecule has 6 heteroatoms. The van der Waals surface area contributed by atoms with Gasteiger partial charge in [0.25, 0.3) is 0 Å². The number of benzene rings is 1. The number of ether oxygens (including phenoxy) is 2. The normalized spacial score (nSPS) is 13.0. The van der Waals surface area contributed by atoms with Gasteiger partial charge in [-0.2, -0.15) is 0 Å². The molecule has 0 aliphatic rings. The molecule has 0 fully saturated rings. The fraction of sp³-hybridized carbons (Fsp3) is 0.333. The minimum Gasteiger partial charge on any atom is -0.497 e. The van der Waals surface area contributed by atoms with E-state index in [1.54, 1.807) is 21.1 Å². The minimum absolute atomic E-state index is 0.338. The molecule has 0 radical (unpaired) electrons. The number of rotatable bonds is 7. The Kier molecular flexibility index (Phi) is 6.84. The van der Waals surface area contributed by atoms with Gasteiger partial charge in [0.1, 0.15) is 5.75 Å². The fourth-order valence-corrected chi connectivity index (χ4v) is 2.24. The van der Waals surface area contributed by atoms with Crippen LogP contribution in [0.5, 0.6) is 5.75 Å². The molecule has 5 nitrogen and oxygen atoms in total. The molecule has 21 heavy (non-hydrogen) atoms. The first-order valence-corrected chi connectivity index (χ1v) is 6.86. The molecule has 1 unspecified atom stereocenters. The van der Waals surface area contributed by atoms with Gasteiger partial charge >= 0.3 is 5.97 Å². The Morgan fingerprint density at radius 2 is 2.10 bits per heavy atom. The molecule has 1 aromatic rings. The quantitative estimate of drug-likeness (QED) is 0.456. The van der Waals surface area contributed by atoms with Crippen LogP contribution < -0.4 is 15.4 Å². The van der Waals surface area contributed by atoms with Gasteiger partial charge in [-0.15, -0.1) is 0 Å². The summed E-state index contributed by atoms with van der Waals surface area (Å²) in [5, 5.41) is 5.99. The van der Waals surface area contributed by atoms with E-state index in [-0.39, 0.29) is 6.04 Å². The Morgan fingerprint density at radius 3 is 2.62 bits per heavy atom. The van der Waals surface area contributed by atoms with Crippen molar-refractivity contribution in [3.63, 3.8) is 0 Å². The highest BCUT2D eigenvalue weighted by Gasteiger charge is 2.25. The van der Waals surface area contributed by atoms with Crippen molar-refractivity contribution < 1.29 is 14.3 Å². The van der Waals surface area contributed by atoms with Crippen LogP contribution in [0.1, 0.15) is 18.5 Å². The first-order chi connectivity index (χ1) is 10.1. The zero-order valence-electron chi connectivity index (χ0n) is 12.6. The summed E-state index contributed by atoms with van der Waals surface area (Å²) in [5.74, 6) is 0.302. The molecular weight excluding hydrogens is 288 g/mol. The second kappa shape index (κ2) is 8.39. The molecule has 0 saturated heterocycles. The molecule has 0 saturated carbocycles. The van der Waals surface area contributed by atoms with Crippen LogP contribution in [0.3, 0.4) is 0 Å². The van der Waals surface area contributed by atoms with Gasteiger partial charge < -0.3 is 20.1 Å². The zero-order valence-corrected chi connectivity index (χ0v) is 13.4. The Morgan fingerprint density at radius 1 is 1.38 bits per heavy atom. The van der Waals surface area contributed by atoms with Crippen LogP contribution in [0.2, 0.25) is 0 Å². The first-order valence-electron chi connectivity index (χ1n) is 6.39. The highest BCUT2D eigenvalue weighted by Crippen LogP contribution is 2.27. The summed E-state index contributed by atoms with van der Waals surface area (Å²) in [5.41, 5.74) is 3.35. The van der Waals surface area contributed by atoms with Crippen LogP contribution in [-0.4, -0.2) is 32.7 Å². The van der Waals surface area contributed by atoms with Crippen molar-refractivity contribution in [2.24, 2.45) is 0 Å². The van der Waals surface area contributed by atoms with E-state index < -0.39 is 5.97 Å². The third-order valence-electron chi connectivity index (χ3n) is 3.09. The standard InChI is InChI=1S/C15H20N2O3S/c1-10(17-9-21)13(15(18)20-4)14(16-2)11-6-5-7-12(8-11)19-3/h5-9,14,16H,1-4H3,(H,17,21)/b13-10+. The number of nitrogens with one attached hydrogen (secondary N) is 2. The molecular formula is C15H20N2O3S. The van der Waals surface area contributed by atoms with Crippen molar-refractivity contribution >= 4 is 23.7 Å². The predicted molar refractivity (Wildman–Crippen MR) is 86.3 cm³/mol. The number of carbonyl (C=O) groups is 1. The zero-order chi connectivity index (χ0) is 15.8. The summed E-state index contributed by atoms with van der Waals surface area (Å²) in [7, 11) is 4.73. The molecule has 0 aliphatic carbocycles. The van der Waals surface area contributed by atoms with E-state index in [0.717, 1.165) is 11.3 Å². The summed E-state index contributed by atoms with van der Waals surface area (Å²) < 4.78 is 10.1. The molecule has 0 spiro atoms. The van der Waals surface area contributed by atoms with Crippen molar-refractivity contribution in [1.82, 2.24) is 10.6 Å². The predicted octanol–water partition coefficient (Wildman–Crippen LogP) is 1.95. The maximum Gasteiger partial charge on any atom is 0.337 e. The number of methoxy groups -OCH3 is 2. The molecule has 114 valence electrons. The molecule has 1 rings (SSSR count). The highest BCUT2D eigenvalue weighted by atomic mass is 32.1. The summed E-state index contributed by atoms with van der Waals surface area (Å²) in [6, 6.07) is 7.16. The van der Waals surface area contributed by atoms with Crippen LogP contribution in [0.25, 0.3) is 0 Å². The molecule has 0 amide bonds. The van der Waals surface area contributed by atoms with Gasteiger partial charge in [-0.3, -0.25) is 0 Å². The monoisotopic (exact) mass is 308 g/mol. The van der Waals surface area contributed by atoms with Gasteiger partial charge in [-0.1, -0.05) is 24.4 Å². The van der Waals surface area contributed by atoms with Crippen molar-refractivity contribution in [2.45, 2.75) is 13.0 Å². The lowest BCUT2D eigenvalue weighted by atomic mass is 9.97. The van der Waals surface area contributed by atoms with E-state index in [9.17, 15) is 4.79 Å². The van der Waals surface area contributed by atoms with Gasteiger partial charge in [-0.05, 0) is 31.7 Å². The SMILES string of the molecule is CNC(/C(C(=O)OC)=C(/C)NC=S)c1cccc(OC)c1. The van der Waals surface area contributed by atoms with Gasteiger partial charge in [0.15, 0.2) is 0 Å². The average molecular weight is 308 g/mol. The summed E-state index contributed by atoms with van der Waals surface area (Å²) in [6.45, 7) is 1.78. The lowest BCUT2D eigenvalue weighted by Crippen LogP contribution is -2.28. The van der Waals surface area contributed by atoms with E-state index in [0.29, 0.717) is 11.3 Å². The number of thiocarbonyl (C=S) groups is 1. The molecule has 2 N–H and O–H groups in total. The van der Waals surface area contributed by atoms with Crippen molar-refractivity contribution in [1.29, 1.82) is 0 Å². The molecule has 0 aliphatic heterocycles. The second-order valence-corrected chi connectivity index (χ2v) is 4.53. The molecule has 1 aromatic carbocycles. The van der Waals surface area contributed by atoms with Gasteiger partial charge in [0.2, 0.25) is 0 Å². The van der Waals surface area contributed by atoms with Crippen LogP contribution in [0, 0.1) is 0 Å². The van der Waals surface area contributed by atoms with E-state index in [4.69, 9.17) is 21.7 Å². The summed E-state index contributed by atoms with van der Waals surface area (Å²) >= 11 is 4.79. The van der Waals surface area contributed by atoms with Crippen LogP contribution in [-0.2, 0) is 9.53 Å². The number of hydrogen-bond acceptors (Lipinski definition) is 5. The van der Waals surface area contributed by atoms with Gasteiger partial charge in [-0.25, -0.2) is 4.79 Å². The topological polar surface area (TPSA) is 59.6 Å². The van der Waals surface area contributed by atoms with E-state index in [1.807, 2.05) is 24.3 Å². The lowest BCUT2D eigenvalue weighted by Gasteiger charge is -2.21. The van der Waals surface area contributed by atoms with Crippen molar-refractivity contribution in [3.05, 3.63) is 41.1 Å². The smallest absolute Gasteiger partial charge is 0.337 e. The average Bonchev–Trinajstić information content (AvgIpc) is 2.51. The molecule has 0 bridgehead atoms. The fourth-order valence-electron chi connectivity index (χ4n) is 2.06. The molecule has 0 heterocycles. The second-order valence-electron chi connectivity index (χ2n) is 4.29. The van der Waals surface area contributed by atoms with Crippen LogP contribution in [0.4, 0.5) is 0 Å². The number of hydrogen-bond donors (Lipinski definition) is 2. The van der Waals surface area contributed by atoms with Gasteiger partial charge in [0, 0.05) is 5.70 Å². The van der Waals surface area contributed by atoms with Crippen molar-refractivity contribution in [3.8, 4) is 5.75 Å². The Balaban J connectivity index is 3.33. The van der Waals surface area contributed by atoms with Crippen molar-refractivity contribution in [2.75, 3.05) is 21.3 Å². The third kappa shape index (κ3) is 4.27. The number of likely N-dealkylation sites (N-methyl/N-ethyl adjacent to an activating group) is 1. The largest absolute Gasteiger partial charge is 0.497 e. The van der Waals surface area contributed by atoms with E-state index >= 15 is 0 Å². The van der Waals surface area contributed by atoms with Gasteiger partial charge in [0.05, 0.1) is 31.3 Å². The Labute approximate surface area is 130 Å².